The van der Waals surface area contributed by atoms with Crippen LogP contribution in [0.1, 0.15) is 51.8 Å². The summed E-state index contributed by atoms with van der Waals surface area (Å²) in [6.45, 7) is 7.71. The molecule has 0 radical (unpaired) electrons. The summed E-state index contributed by atoms with van der Waals surface area (Å²) in [5.74, 6) is 6.39. The van der Waals surface area contributed by atoms with Crippen molar-refractivity contribution in [3.63, 3.8) is 0 Å². The van der Waals surface area contributed by atoms with Crippen molar-refractivity contribution >= 4 is 0 Å². The molecule has 1 saturated carbocycles. The lowest BCUT2D eigenvalue weighted by atomic mass is 9.76. The number of hydrogen-bond donors (Lipinski definition) is 2. The molecule has 0 spiro atoms. The second kappa shape index (κ2) is 4.78. The third-order valence-corrected chi connectivity index (χ3v) is 4.29. The molecule has 96 valence electrons. The molecular weight excluding hydrogens is 212 g/mol. The highest BCUT2D eigenvalue weighted by atomic mass is 15.3. The van der Waals surface area contributed by atoms with Crippen molar-refractivity contribution in [1.29, 1.82) is 0 Å². The largest absolute Gasteiger partial charge is 0.271 e. The maximum absolute atomic E-state index is 5.80. The van der Waals surface area contributed by atoms with E-state index in [0.29, 0.717) is 11.3 Å². The van der Waals surface area contributed by atoms with E-state index in [4.69, 9.17) is 5.84 Å². The van der Waals surface area contributed by atoms with E-state index in [-0.39, 0.29) is 6.04 Å². The maximum atomic E-state index is 5.80. The Morgan fingerprint density at radius 3 is 2.94 bits per heavy atom. The van der Waals surface area contributed by atoms with Crippen LogP contribution >= 0.6 is 0 Å². The number of aromatic nitrogens is 2. The summed E-state index contributed by atoms with van der Waals surface area (Å²) in [4.78, 5) is 0. The normalized spacial score (nSPS) is 25.1. The van der Waals surface area contributed by atoms with E-state index >= 15 is 0 Å². The van der Waals surface area contributed by atoms with Gasteiger partial charge in [-0.3, -0.25) is 16.0 Å². The molecular formula is C13H24N4. The highest BCUT2D eigenvalue weighted by molar-refractivity contribution is 5.11. The SMILES string of the molecule is CCn1nccc1C(NN)C1CCCC1(C)C. The van der Waals surface area contributed by atoms with Crippen molar-refractivity contribution in [2.45, 2.75) is 52.6 Å². The number of hydrazine groups is 1. The van der Waals surface area contributed by atoms with Crippen molar-refractivity contribution in [2.75, 3.05) is 0 Å². The minimum absolute atomic E-state index is 0.218. The first kappa shape index (κ1) is 12.6. The van der Waals surface area contributed by atoms with Gasteiger partial charge in [-0.2, -0.15) is 5.10 Å². The second-order valence-electron chi connectivity index (χ2n) is 5.70. The van der Waals surface area contributed by atoms with Crippen LogP contribution in [0.2, 0.25) is 0 Å². The van der Waals surface area contributed by atoms with Gasteiger partial charge in [-0.05, 0) is 37.2 Å². The summed E-state index contributed by atoms with van der Waals surface area (Å²) in [7, 11) is 0. The number of aryl methyl sites for hydroxylation is 1. The fraction of sp³-hybridized carbons (Fsp3) is 0.769. The Balaban J connectivity index is 2.28. The molecule has 0 saturated heterocycles. The van der Waals surface area contributed by atoms with Crippen LogP contribution in [-0.2, 0) is 6.54 Å². The molecule has 17 heavy (non-hydrogen) atoms. The smallest absolute Gasteiger partial charge is 0.0662 e. The van der Waals surface area contributed by atoms with Crippen LogP contribution in [0.4, 0.5) is 0 Å². The van der Waals surface area contributed by atoms with Gasteiger partial charge >= 0.3 is 0 Å². The molecule has 0 bridgehead atoms. The van der Waals surface area contributed by atoms with Crippen LogP contribution in [0.25, 0.3) is 0 Å². The zero-order valence-corrected chi connectivity index (χ0v) is 11.1. The molecule has 0 amide bonds. The van der Waals surface area contributed by atoms with Gasteiger partial charge in [-0.1, -0.05) is 20.3 Å². The lowest BCUT2D eigenvalue weighted by molar-refractivity contribution is 0.192. The fourth-order valence-corrected chi connectivity index (χ4v) is 3.25. The van der Waals surface area contributed by atoms with Crippen molar-refractivity contribution in [3.8, 4) is 0 Å². The quantitative estimate of drug-likeness (QED) is 0.622. The van der Waals surface area contributed by atoms with Crippen LogP contribution in [-0.4, -0.2) is 9.78 Å². The highest BCUT2D eigenvalue weighted by Crippen LogP contribution is 2.48. The van der Waals surface area contributed by atoms with E-state index in [1.54, 1.807) is 0 Å². The fourth-order valence-electron chi connectivity index (χ4n) is 3.25. The van der Waals surface area contributed by atoms with Crippen molar-refractivity contribution in [2.24, 2.45) is 17.2 Å². The number of nitrogens with one attached hydrogen (secondary N) is 1. The van der Waals surface area contributed by atoms with Crippen molar-refractivity contribution < 1.29 is 0 Å². The lowest BCUT2D eigenvalue weighted by Crippen LogP contribution is -2.39. The standard InChI is InChI=1S/C13H24N4/c1-4-17-11(7-9-15-17)12(16-14)10-6-5-8-13(10,2)3/h7,9-10,12,16H,4-6,8,14H2,1-3H3. The van der Waals surface area contributed by atoms with E-state index < -0.39 is 0 Å². The topological polar surface area (TPSA) is 55.9 Å². The molecule has 0 aliphatic heterocycles. The Labute approximate surface area is 104 Å². The zero-order chi connectivity index (χ0) is 12.5. The third kappa shape index (κ3) is 2.24. The van der Waals surface area contributed by atoms with Gasteiger partial charge in [-0.25, -0.2) is 0 Å². The van der Waals surface area contributed by atoms with Gasteiger partial charge in [0.05, 0.1) is 11.7 Å². The predicted octanol–water partition coefficient (Wildman–Crippen LogP) is 2.23. The first-order valence-corrected chi connectivity index (χ1v) is 6.58. The molecule has 1 aromatic rings. The molecule has 4 heteroatoms. The summed E-state index contributed by atoms with van der Waals surface area (Å²) in [5.41, 5.74) is 4.59. The maximum Gasteiger partial charge on any atom is 0.0662 e. The van der Waals surface area contributed by atoms with E-state index in [2.05, 4.69) is 37.4 Å². The van der Waals surface area contributed by atoms with E-state index in [0.717, 1.165) is 6.54 Å². The van der Waals surface area contributed by atoms with E-state index in [1.165, 1.54) is 25.0 Å². The molecule has 3 N–H and O–H groups in total. The van der Waals surface area contributed by atoms with Gasteiger partial charge in [0.25, 0.3) is 0 Å². The predicted molar refractivity (Wildman–Crippen MR) is 69.1 cm³/mol. The summed E-state index contributed by atoms with van der Waals surface area (Å²) in [5, 5.41) is 4.34. The number of rotatable bonds is 4. The first-order valence-electron chi connectivity index (χ1n) is 6.58. The molecule has 2 unspecified atom stereocenters. The minimum Gasteiger partial charge on any atom is -0.271 e. The first-order chi connectivity index (χ1) is 8.10. The molecule has 2 rings (SSSR count). The Morgan fingerprint density at radius 1 is 1.65 bits per heavy atom. The Kier molecular flexibility index (Phi) is 3.54. The molecule has 1 aliphatic carbocycles. The van der Waals surface area contributed by atoms with Crippen molar-refractivity contribution in [1.82, 2.24) is 15.2 Å². The van der Waals surface area contributed by atoms with Crippen LogP contribution in [0.3, 0.4) is 0 Å². The van der Waals surface area contributed by atoms with Gasteiger partial charge in [0.2, 0.25) is 0 Å². The molecule has 1 heterocycles. The molecule has 1 fully saturated rings. The number of nitrogens with two attached hydrogens (primary N) is 1. The average molecular weight is 236 g/mol. The summed E-state index contributed by atoms with van der Waals surface area (Å²) < 4.78 is 2.04. The van der Waals surface area contributed by atoms with Crippen LogP contribution in [0.5, 0.6) is 0 Å². The summed E-state index contributed by atoms with van der Waals surface area (Å²) >= 11 is 0. The monoisotopic (exact) mass is 236 g/mol. The number of hydrogen-bond acceptors (Lipinski definition) is 3. The average Bonchev–Trinajstić information content (AvgIpc) is 2.87. The Morgan fingerprint density at radius 2 is 2.41 bits per heavy atom. The lowest BCUT2D eigenvalue weighted by Gasteiger charge is -2.34. The van der Waals surface area contributed by atoms with Gasteiger partial charge < -0.3 is 0 Å². The second-order valence-corrected chi connectivity index (χ2v) is 5.70. The van der Waals surface area contributed by atoms with Gasteiger partial charge in [0, 0.05) is 12.7 Å². The van der Waals surface area contributed by atoms with Gasteiger partial charge in [-0.15, -0.1) is 0 Å². The highest BCUT2D eigenvalue weighted by Gasteiger charge is 2.40. The molecule has 4 nitrogen and oxygen atoms in total. The molecule has 2 atom stereocenters. The van der Waals surface area contributed by atoms with Crippen molar-refractivity contribution in [3.05, 3.63) is 18.0 Å². The molecule has 0 aromatic carbocycles. The van der Waals surface area contributed by atoms with Crippen LogP contribution in [0, 0.1) is 11.3 Å². The van der Waals surface area contributed by atoms with E-state index in [9.17, 15) is 0 Å². The van der Waals surface area contributed by atoms with Crippen LogP contribution < -0.4 is 11.3 Å². The number of nitrogens with zero attached hydrogens (tertiary/aromatic N) is 2. The zero-order valence-electron chi connectivity index (χ0n) is 11.1. The summed E-state index contributed by atoms with van der Waals surface area (Å²) in [6, 6.07) is 2.30. The molecule has 1 aromatic heterocycles. The van der Waals surface area contributed by atoms with E-state index in [1.807, 2.05) is 10.9 Å². The Hall–Kier alpha value is -0.870. The van der Waals surface area contributed by atoms with Gasteiger partial charge in [0.1, 0.15) is 0 Å². The minimum atomic E-state index is 0.218. The third-order valence-electron chi connectivity index (χ3n) is 4.29. The molecule has 1 aliphatic rings. The summed E-state index contributed by atoms with van der Waals surface area (Å²) in [6.07, 6.45) is 5.70. The van der Waals surface area contributed by atoms with Crippen LogP contribution in [0.15, 0.2) is 12.3 Å². The van der Waals surface area contributed by atoms with Gasteiger partial charge in [0.15, 0.2) is 0 Å². The Bertz CT molecular complexity index is 369.